The van der Waals surface area contributed by atoms with Gasteiger partial charge >= 0.3 is 0 Å². The Bertz CT molecular complexity index is 637. The summed E-state index contributed by atoms with van der Waals surface area (Å²) in [7, 11) is 0. The zero-order valence-electron chi connectivity index (χ0n) is 11.3. The first-order valence-corrected chi connectivity index (χ1v) is 7.64. The van der Waals surface area contributed by atoms with Crippen molar-refractivity contribution in [3.63, 3.8) is 0 Å². The number of hydrogen-bond donors (Lipinski definition) is 2. The van der Waals surface area contributed by atoms with Gasteiger partial charge in [0.2, 0.25) is 0 Å². The van der Waals surface area contributed by atoms with Crippen LogP contribution in [-0.2, 0) is 6.54 Å². The quantitative estimate of drug-likeness (QED) is 0.838. The monoisotopic (exact) mass is 352 g/mol. The zero-order chi connectivity index (χ0) is 14.8. The molecule has 5 heteroatoms. The first-order chi connectivity index (χ1) is 10.1. The lowest BCUT2D eigenvalue weighted by atomic mass is 9.99. The van der Waals surface area contributed by atoms with E-state index in [0.29, 0.717) is 4.47 Å². The molecule has 0 saturated carbocycles. The molecule has 0 amide bonds. The van der Waals surface area contributed by atoms with Crippen LogP contribution in [0.25, 0.3) is 0 Å². The van der Waals surface area contributed by atoms with Crippen LogP contribution in [-0.4, -0.2) is 6.54 Å². The van der Waals surface area contributed by atoms with Gasteiger partial charge in [0.15, 0.2) is 0 Å². The first kappa shape index (κ1) is 14.5. The van der Waals surface area contributed by atoms with Gasteiger partial charge in [-0.25, -0.2) is 8.78 Å². The van der Waals surface area contributed by atoms with E-state index in [9.17, 15) is 8.78 Å². The fourth-order valence-electron chi connectivity index (χ4n) is 2.66. The fourth-order valence-corrected chi connectivity index (χ4v) is 3.07. The average Bonchev–Trinajstić information content (AvgIpc) is 2.65. The SMILES string of the molecule is Fc1cc(Br)cc(F)c1NC1CCNCc2ccccc21. The lowest BCUT2D eigenvalue weighted by Crippen LogP contribution is -2.16. The summed E-state index contributed by atoms with van der Waals surface area (Å²) in [6.45, 7) is 1.58. The number of fused-ring (bicyclic) bond motifs is 1. The maximum Gasteiger partial charge on any atom is 0.150 e. The highest BCUT2D eigenvalue weighted by atomic mass is 79.9. The molecule has 0 fully saturated rings. The molecule has 1 atom stereocenters. The molecule has 21 heavy (non-hydrogen) atoms. The molecule has 1 aliphatic heterocycles. The highest BCUT2D eigenvalue weighted by Crippen LogP contribution is 2.31. The van der Waals surface area contributed by atoms with Gasteiger partial charge in [-0.3, -0.25) is 0 Å². The van der Waals surface area contributed by atoms with Gasteiger partial charge in [0, 0.05) is 11.0 Å². The minimum Gasteiger partial charge on any atom is -0.373 e. The van der Waals surface area contributed by atoms with Crippen LogP contribution in [0.15, 0.2) is 40.9 Å². The van der Waals surface area contributed by atoms with Crippen LogP contribution >= 0.6 is 15.9 Å². The summed E-state index contributed by atoms with van der Waals surface area (Å²) in [5, 5.41) is 6.35. The van der Waals surface area contributed by atoms with E-state index in [2.05, 4.69) is 26.6 Å². The molecule has 1 heterocycles. The smallest absolute Gasteiger partial charge is 0.150 e. The molecule has 0 bridgehead atoms. The molecule has 2 aromatic carbocycles. The lowest BCUT2D eigenvalue weighted by Gasteiger charge is -2.21. The van der Waals surface area contributed by atoms with E-state index in [4.69, 9.17) is 0 Å². The number of nitrogens with one attached hydrogen (secondary N) is 2. The first-order valence-electron chi connectivity index (χ1n) is 6.85. The topological polar surface area (TPSA) is 24.1 Å². The number of rotatable bonds is 2. The fraction of sp³-hybridized carbons (Fsp3) is 0.250. The van der Waals surface area contributed by atoms with Crippen molar-refractivity contribution in [3.8, 4) is 0 Å². The Morgan fingerprint density at radius 1 is 1.14 bits per heavy atom. The molecule has 1 unspecified atom stereocenters. The molecule has 0 spiro atoms. The normalized spacial score (nSPS) is 18.0. The van der Waals surface area contributed by atoms with Gasteiger partial charge in [-0.2, -0.15) is 0 Å². The Morgan fingerprint density at radius 3 is 2.62 bits per heavy atom. The average molecular weight is 353 g/mol. The minimum absolute atomic E-state index is 0.0695. The van der Waals surface area contributed by atoms with Gasteiger partial charge in [-0.15, -0.1) is 0 Å². The summed E-state index contributed by atoms with van der Waals surface area (Å²) < 4.78 is 28.4. The lowest BCUT2D eigenvalue weighted by molar-refractivity contribution is 0.574. The zero-order valence-corrected chi connectivity index (χ0v) is 12.9. The second-order valence-corrected chi connectivity index (χ2v) is 6.02. The molecular weight excluding hydrogens is 338 g/mol. The Balaban J connectivity index is 1.95. The molecule has 1 aliphatic rings. The van der Waals surface area contributed by atoms with Crippen molar-refractivity contribution in [3.05, 3.63) is 63.6 Å². The van der Waals surface area contributed by atoms with E-state index in [1.54, 1.807) is 0 Å². The van der Waals surface area contributed by atoms with E-state index in [1.165, 1.54) is 12.1 Å². The van der Waals surface area contributed by atoms with Crippen molar-refractivity contribution >= 4 is 21.6 Å². The number of benzene rings is 2. The van der Waals surface area contributed by atoms with Crippen molar-refractivity contribution in [1.29, 1.82) is 0 Å². The maximum absolute atomic E-state index is 14.0. The molecule has 3 rings (SSSR count). The van der Waals surface area contributed by atoms with Gasteiger partial charge in [0.25, 0.3) is 0 Å². The van der Waals surface area contributed by atoms with Gasteiger partial charge in [-0.05, 0) is 36.2 Å². The summed E-state index contributed by atoms with van der Waals surface area (Å²) in [4.78, 5) is 0. The van der Waals surface area contributed by atoms with Crippen molar-refractivity contribution in [2.45, 2.75) is 19.0 Å². The molecule has 110 valence electrons. The third kappa shape index (κ3) is 3.09. The van der Waals surface area contributed by atoms with E-state index >= 15 is 0 Å². The van der Waals surface area contributed by atoms with E-state index in [1.807, 2.05) is 24.3 Å². The highest BCUT2D eigenvalue weighted by molar-refractivity contribution is 9.10. The van der Waals surface area contributed by atoms with Crippen LogP contribution in [0.5, 0.6) is 0 Å². The molecule has 0 aliphatic carbocycles. The Labute approximate surface area is 130 Å². The molecule has 0 aromatic heterocycles. The molecule has 2 aromatic rings. The summed E-state index contributed by atoms with van der Waals surface area (Å²) in [6, 6.07) is 10.4. The molecule has 0 saturated heterocycles. The largest absolute Gasteiger partial charge is 0.373 e. The number of hydrogen-bond acceptors (Lipinski definition) is 2. The van der Waals surface area contributed by atoms with Crippen molar-refractivity contribution < 1.29 is 8.78 Å². The summed E-state index contributed by atoms with van der Waals surface area (Å²) >= 11 is 3.09. The van der Waals surface area contributed by atoms with Crippen molar-refractivity contribution in [1.82, 2.24) is 5.32 Å². The van der Waals surface area contributed by atoms with E-state index in [-0.39, 0.29) is 11.7 Å². The summed E-state index contributed by atoms with van der Waals surface area (Å²) in [6.07, 6.45) is 0.770. The Morgan fingerprint density at radius 2 is 1.86 bits per heavy atom. The third-order valence-electron chi connectivity index (χ3n) is 3.68. The van der Waals surface area contributed by atoms with E-state index in [0.717, 1.165) is 30.6 Å². The predicted molar refractivity (Wildman–Crippen MR) is 83.2 cm³/mol. The van der Waals surface area contributed by atoms with Gasteiger partial charge < -0.3 is 10.6 Å². The Hall–Kier alpha value is -1.46. The second-order valence-electron chi connectivity index (χ2n) is 5.11. The molecule has 2 N–H and O–H groups in total. The number of halogens is 3. The molecule has 2 nitrogen and oxygen atoms in total. The molecular formula is C16H15BrF2N2. The maximum atomic E-state index is 14.0. The van der Waals surface area contributed by atoms with Crippen LogP contribution in [0.2, 0.25) is 0 Å². The minimum atomic E-state index is -0.587. The van der Waals surface area contributed by atoms with Crippen LogP contribution < -0.4 is 10.6 Å². The predicted octanol–water partition coefficient (Wildman–Crippen LogP) is 4.37. The van der Waals surface area contributed by atoms with Crippen molar-refractivity contribution in [2.75, 3.05) is 11.9 Å². The van der Waals surface area contributed by atoms with Crippen LogP contribution in [0.1, 0.15) is 23.6 Å². The van der Waals surface area contributed by atoms with Crippen molar-refractivity contribution in [2.24, 2.45) is 0 Å². The number of anilines is 1. The van der Waals surface area contributed by atoms with E-state index < -0.39 is 11.6 Å². The van der Waals surface area contributed by atoms with Gasteiger partial charge in [0.05, 0.1) is 6.04 Å². The van der Waals surface area contributed by atoms with Gasteiger partial charge in [-0.1, -0.05) is 40.2 Å². The summed E-state index contributed by atoms with van der Waals surface area (Å²) in [5.74, 6) is -1.17. The van der Waals surface area contributed by atoms with Crippen LogP contribution in [0.4, 0.5) is 14.5 Å². The second kappa shape index (κ2) is 6.12. The summed E-state index contributed by atoms with van der Waals surface area (Å²) in [5.41, 5.74) is 2.18. The molecule has 0 radical (unpaired) electrons. The van der Waals surface area contributed by atoms with Gasteiger partial charge in [0.1, 0.15) is 17.3 Å². The Kier molecular flexibility index (Phi) is 4.22. The van der Waals surface area contributed by atoms with Crippen LogP contribution in [0, 0.1) is 11.6 Å². The van der Waals surface area contributed by atoms with Crippen LogP contribution in [0.3, 0.4) is 0 Å². The third-order valence-corrected chi connectivity index (χ3v) is 4.14. The highest BCUT2D eigenvalue weighted by Gasteiger charge is 2.21. The standard InChI is InChI=1S/C16H15BrF2N2/c17-11-7-13(18)16(14(19)8-11)21-15-5-6-20-9-10-3-1-2-4-12(10)15/h1-4,7-8,15,20-21H,5-6,9H2.